The smallest absolute Gasteiger partial charge is 0.243 e. The molecule has 0 bridgehead atoms. The zero-order valence-electron chi connectivity index (χ0n) is 18.2. The Morgan fingerprint density at radius 1 is 1.19 bits per heavy atom. The van der Waals surface area contributed by atoms with Gasteiger partial charge in [-0.25, -0.2) is 8.42 Å². The van der Waals surface area contributed by atoms with Crippen LogP contribution in [-0.4, -0.2) is 41.9 Å². The van der Waals surface area contributed by atoms with Crippen molar-refractivity contribution >= 4 is 61.6 Å². The second kappa shape index (κ2) is 9.87. The molecule has 1 atom stereocenters. The van der Waals surface area contributed by atoms with Crippen molar-refractivity contribution in [2.75, 3.05) is 13.1 Å². The van der Waals surface area contributed by atoms with E-state index < -0.39 is 10.0 Å². The third-order valence-electron chi connectivity index (χ3n) is 5.79. The number of nitrogens with zero attached hydrogens (tertiary/aromatic N) is 2. The van der Waals surface area contributed by atoms with Gasteiger partial charge < -0.3 is 9.36 Å². The predicted molar refractivity (Wildman–Crippen MR) is 139 cm³/mol. The molecule has 0 spiro atoms. The van der Waals surface area contributed by atoms with Crippen LogP contribution in [0.15, 0.2) is 58.5 Å². The first-order valence-corrected chi connectivity index (χ1v) is 14.2. The Kier molecular flexibility index (Phi) is 7.33. The summed E-state index contributed by atoms with van der Waals surface area (Å²) in [6, 6.07) is 13.5. The zero-order chi connectivity index (χ0) is 22.9. The molecule has 1 unspecified atom stereocenters. The van der Waals surface area contributed by atoms with E-state index in [0.717, 1.165) is 38.5 Å². The molecule has 1 saturated heterocycles. The number of thioether (sulfide) groups is 1. The van der Waals surface area contributed by atoms with E-state index in [1.54, 1.807) is 28.2 Å². The summed E-state index contributed by atoms with van der Waals surface area (Å²) in [5.41, 5.74) is 2.23. The number of halogens is 1. The molecular weight excluding hydrogens is 555 g/mol. The molecule has 2 aromatic carbocycles. The van der Waals surface area contributed by atoms with Crippen molar-refractivity contribution < 1.29 is 13.2 Å². The molecular formula is C24H27IN2O3S2. The first kappa shape index (κ1) is 23.8. The van der Waals surface area contributed by atoms with Gasteiger partial charge in [0.25, 0.3) is 0 Å². The summed E-state index contributed by atoms with van der Waals surface area (Å²) < 4.78 is 31.1. The highest BCUT2D eigenvalue weighted by Crippen LogP contribution is 2.31. The number of aldehydes is 1. The third-order valence-corrected chi connectivity index (χ3v) is 9.35. The molecule has 0 saturated carbocycles. The molecule has 4 rings (SSSR count). The van der Waals surface area contributed by atoms with Gasteiger partial charge in [0.05, 0.1) is 11.4 Å². The number of carbonyl (C=O) groups excluding carboxylic acids is 1. The van der Waals surface area contributed by atoms with Crippen LogP contribution in [0.25, 0.3) is 10.9 Å². The van der Waals surface area contributed by atoms with Gasteiger partial charge >= 0.3 is 0 Å². The van der Waals surface area contributed by atoms with E-state index in [9.17, 15) is 13.2 Å². The van der Waals surface area contributed by atoms with E-state index in [2.05, 4.69) is 60.8 Å². The molecule has 0 radical (unpaired) electrons. The number of sulfonamides is 1. The minimum Gasteiger partial charge on any atom is -0.340 e. The fourth-order valence-electron chi connectivity index (χ4n) is 4.34. The van der Waals surface area contributed by atoms with Crippen LogP contribution in [0.4, 0.5) is 0 Å². The second-order valence-corrected chi connectivity index (χ2v) is 13.3. The van der Waals surface area contributed by atoms with Crippen molar-refractivity contribution in [2.24, 2.45) is 5.92 Å². The lowest BCUT2D eigenvalue weighted by Crippen LogP contribution is -2.29. The summed E-state index contributed by atoms with van der Waals surface area (Å²) >= 11 is 4.01. The monoisotopic (exact) mass is 582 g/mol. The summed E-state index contributed by atoms with van der Waals surface area (Å²) in [6.45, 7) is 5.64. The third kappa shape index (κ3) is 5.08. The lowest BCUT2D eigenvalue weighted by Gasteiger charge is -2.17. The van der Waals surface area contributed by atoms with Crippen LogP contribution < -0.4 is 0 Å². The topological polar surface area (TPSA) is 59.4 Å². The number of rotatable bonds is 8. The van der Waals surface area contributed by atoms with Crippen molar-refractivity contribution in [3.05, 3.63) is 57.8 Å². The zero-order valence-corrected chi connectivity index (χ0v) is 22.0. The molecule has 0 amide bonds. The van der Waals surface area contributed by atoms with Crippen molar-refractivity contribution in [3.63, 3.8) is 0 Å². The number of hydrogen-bond donors (Lipinski definition) is 0. The van der Waals surface area contributed by atoms with E-state index >= 15 is 0 Å². The summed E-state index contributed by atoms with van der Waals surface area (Å²) in [4.78, 5) is 12.6. The standard InChI is InChI=1S/C24H27IN2O3S2/c1-17(2)31-21-4-6-22(7-5-21)32(29,30)27-10-9-18(15-27)13-19-16-26(11-12-28)24-14-20(25)3-8-23(19)24/h3-8,12,14,16-18H,9-11,13,15H2,1-2H3. The average molecular weight is 583 g/mol. The molecule has 1 aliphatic heterocycles. The van der Waals surface area contributed by atoms with E-state index in [0.29, 0.717) is 29.8 Å². The minimum atomic E-state index is -3.49. The van der Waals surface area contributed by atoms with E-state index in [4.69, 9.17) is 0 Å². The highest BCUT2D eigenvalue weighted by atomic mass is 127. The Hall–Kier alpha value is -1.36. The van der Waals surface area contributed by atoms with Crippen LogP contribution in [0.5, 0.6) is 0 Å². The predicted octanol–water partition coefficient (Wildman–Crippen LogP) is 5.20. The van der Waals surface area contributed by atoms with Gasteiger partial charge in [0.15, 0.2) is 0 Å². The first-order valence-electron chi connectivity index (χ1n) is 10.8. The molecule has 170 valence electrons. The van der Waals surface area contributed by atoms with Crippen molar-refractivity contribution in [1.82, 2.24) is 8.87 Å². The van der Waals surface area contributed by atoms with Crippen molar-refractivity contribution in [3.8, 4) is 0 Å². The maximum atomic E-state index is 13.2. The molecule has 8 heteroatoms. The Balaban J connectivity index is 1.49. The lowest BCUT2D eigenvalue weighted by molar-refractivity contribution is -0.108. The van der Waals surface area contributed by atoms with Crippen LogP contribution in [-0.2, 0) is 27.8 Å². The minimum absolute atomic E-state index is 0.259. The number of carbonyl (C=O) groups is 1. The van der Waals surface area contributed by atoms with Gasteiger partial charge in [-0.2, -0.15) is 4.31 Å². The number of benzene rings is 2. The Labute approximate surface area is 207 Å². The molecule has 3 aromatic rings. The highest BCUT2D eigenvalue weighted by Gasteiger charge is 2.33. The van der Waals surface area contributed by atoms with Crippen LogP contribution >= 0.6 is 34.4 Å². The summed E-state index contributed by atoms with van der Waals surface area (Å²) in [5, 5.41) is 1.60. The lowest BCUT2D eigenvalue weighted by atomic mass is 9.98. The Morgan fingerprint density at radius 3 is 2.62 bits per heavy atom. The maximum absolute atomic E-state index is 13.2. The van der Waals surface area contributed by atoms with Gasteiger partial charge in [0.2, 0.25) is 10.0 Å². The van der Waals surface area contributed by atoms with Crippen LogP contribution in [0, 0.1) is 9.49 Å². The van der Waals surface area contributed by atoms with Gasteiger partial charge in [-0.15, -0.1) is 11.8 Å². The van der Waals surface area contributed by atoms with Crippen LogP contribution in [0.3, 0.4) is 0 Å². The van der Waals surface area contributed by atoms with Crippen LogP contribution in [0.1, 0.15) is 25.8 Å². The van der Waals surface area contributed by atoms with Gasteiger partial charge in [-0.05, 0) is 83.3 Å². The van der Waals surface area contributed by atoms with E-state index in [1.165, 1.54) is 5.56 Å². The van der Waals surface area contributed by atoms with Crippen molar-refractivity contribution in [1.29, 1.82) is 0 Å². The number of aromatic nitrogens is 1. The molecule has 0 aliphatic carbocycles. The highest BCUT2D eigenvalue weighted by molar-refractivity contribution is 14.1. The van der Waals surface area contributed by atoms with Gasteiger partial charge in [-0.3, -0.25) is 0 Å². The van der Waals surface area contributed by atoms with Gasteiger partial charge in [0, 0.05) is 43.9 Å². The fourth-order valence-corrected chi connectivity index (χ4v) is 7.18. The van der Waals surface area contributed by atoms with Gasteiger partial charge in [-0.1, -0.05) is 19.9 Å². The number of fused-ring (bicyclic) bond motifs is 1. The first-order chi connectivity index (χ1) is 15.3. The molecule has 32 heavy (non-hydrogen) atoms. The van der Waals surface area contributed by atoms with E-state index in [1.807, 2.05) is 16.7 Å². The second-order valence-electron chi connectivity index (χ2n) is 8.49. The number of hydrogen-bond acceptors (Lipinski definition) is 4. The van der Waals surface area contributed by atoms with Crippen molar-refractivity contribution in [2.45, 2.75) is 48.3 Å². The van der Waals surface area contributed by atoms with E-state index in [-0.39, 0.29) is 5.92 Å². The fraction of sp³-hybridized carbons (Fsp3) is 0.375. The maximum Gasteiger partial charge on any atom is 0.243 e. The van der Waals surface area contributed by atoms with Gasteiger partial charge in [0.1, 0.15) is 6.29 Å². The molecule has 1 aliphatic rings. The Morgan fingerprint density at radius 2 is 1.94 bits per heavy atom. The quantitative estimate of drug-likeness (QED) is 0.208. The normalized spacial score (nSPS) is 17.4. The molecule has 2 heterocycles. The average Bonchev–Trinajstić information content (AvgIpc) is 3.34. The molecule has 1 fully saturated rings. The summed E-state index contributed by atoms with van der Waals surface area (Å²) in [5.74, 6) is 0.259. The molecule has 5 nitrogen and oxygen atoms in total. The van der Waals surface area contributed by atoms with Crippen LogP contribution in [0.2, 0.25) is 0 Å². The molecule has 0 N–H and O–H groups in total. The summed E-state index contributed by atoms with van der Waals surface area (Å²) in [6.07, 6.45) is 4.61. The SMILES string of the molecule is CC(C)Sc1ccc(S(=O)(=O)N2CCC(Cc3cn(CC=O)c4cc(I)ccc34)C2)cc1. The summed E-state index contributed by atoms with van der Waals surface area (Å²) in [7, 11) is -3.49. The Bertz CT molecular complexity index is 1220. The molecule has 1 aromatic heterocycles. The largest absolute Gasteiger partial charge is 0.340 e.